The Balaban J connectivity index is 3.20. The summed E-state index contributed by atoms with van der Waals surface area (Å²) in [6, 6.07) is 1.89. The number of amides is 1. The van der Waals surface area contributed by atoms with Gasteiger partial charge in [-0.2, -0.15) is 0 Å². The van der Waals surface area contributed by atoms with Crippen LogP contribution in [0, 0.1) is 6.92 Å². The van der Waals surface area contributed by atoms with Gasteiger partial charge < -0.3 is 5.73 Å². The van der Waals surface area contributed by atoms with Crippen molar-refractivity contribution in [2.75, 3.05) is 0 Å². The Labute approximate surface area is 71.6 Å². The Kier molecular flexibility index (Phi) is 2.43. The van der Waals surface area contributed by atoms with Crippen LogP contribution < -0.4 is 5.73 Å². The number of nitrogens with two attached hydrogens (primary N) is 1. The van der Waals surface area contributed by atoms with Gasteiger partial charge in [0.1, 0.15) is 0 Å². The van der Waals surface area contributed by atoms with Crippen molar-refractivity contribution >= 4 is 5.91 Å². The van der Waals surface area contributed by atoms with Gasteiger partial charge in [-0.05, 0) is 25.0 Å². The van der Waals surface area contributed by atoms with Crippen LogP contribution in [0.1, 0.15) is 28.5 Å². The van der Waals surface area contributed by atoms with Gasteiger partial charge in [-0.3, -0.25) is 9.78 Å². The summed E-state index contributed by atoms with van der Waals surface area (Å²) in [7, 11) is 0. The van der Waals surface area contributed by atoms with Crippen LogP contribution >= 0.6 is 0 Å². The molecule has 3 nitrogen and oxygen atoms in total. The molecule has 1 heterocycles. The highest BCUT2D eigenvalue weighted by atomic mass is 16.1. The van der Waals surface area contributed by atoms with Crippen molar-refractivity contribution in [3.05, 3.63) is 29.1 Å². The first-order valence-corrected chi connectivity index (χ1v) is 3.90. The first kappa shape index (κ1) is 8.71. The summed E-state index contributed by atoms with van der Waals surface area (Å²) in [5, 5.41) is 0. The van der Waals surface area contributed by atoms with Crippen LogP contribution in [0.3, 0.4) is 0 Å². The van der Waals surface area contributed by atoms with Crippen molar-refractivity contribution in [1.29, 1.82) is 0 Å². The monoisotopic (exact) mass is 164 g/mol. The standard InChI is InChI=1S/C9H12N2O/c1-3-7-4-6(2)11-5-8(7)9(10)12/h4-5H,3H2,1-2H3,(H2,10,12). The highest BCUT2D eigenvalue weighted by molar-refractivity contribution is 5.94. The molecule has 0 radical (unpaired) electrons. The van der Waals surface area contributed by atoms with E-state index in [1.54, 1.807) is 0 Å². The molecule has 0 saturated carbocycles. The highest BCUT2D eigenvalue weighted by Crippen LogP contribution is 2.08. The molecule has 0 unspecified atom stereocenters. The summed E-state index contributed by atoms with van der Waals surface area (Å²) in [5.74, 6) is -0.403. The van der Waals surface area contributed by atoms with Crippen LogP contribution in [0.25, 0.3) is 0 Å². The summed E-state index contributed by atoms with van der Waals surface area (Å²) in [5.41, 5.74) is 7.57. The maximum Gasteiger partial charge on any atom is 0.250 e. The van der Waals surface area contributed by atoms with Gasteiger partial charge in [0.25, 0.3) is 5.91 Å². The second-order valence-electron chi connectivity index (χ2n) is 2.70. The van der Waals surface area contributed by atoms with E-state index in [1.165, 1.54) is 6.20 Å². The zero-order valence-corrected chi connectivity index (χ0v) is 7.29. The minimum absolute atomic E-state index is 0.403. The molecule has 0 aliphatic rings. The van der Waals surface area contributed by atoms with Gasteiger partial charge >= 0.3 is 0 Å². The smallest absolute Gasteiger partial charge is 0.250 e. The Bertz CT molecular complexity index is 307. The first-order valence-electron chi connectivity index (χ1n) is 3.90. The maximum absolute atomic E-state index is 10.9. The van der Waals surface area contributed by atoms with Gasteiger partial charge in [0.05, 0.1) is 5.56 Å². The number of hydrogen-bond donors (Lipinski definition) is 1. The molecular formula is C9H12N2O. The number of nitrogens with zero attached hydrogens (tertiary/aromatic N) is 1. The van der Waals surface area contributed by atoms with Crippen LogP contribution in [0.5, 0.6) is 0 Å². The molecule has 1 aromatic heterocycles. The molecule has 0 spiro atoms. The lowest BCUT2D eigenvalue weighted by molar-refractivity contribution is 0.0999. The van der Waals surface area contributed by atoms with E-state index in [4.69, 9.17) is 5.73 Å². The highest BCUT2D eigenvalue weighted by Gasteiger charge is 2.06. The molecule has 0 bridgehead atoms. The summed E-state index contributed by atoms with van der Waals surface area (Å²) in [6.07, 6.45) is 2.35. The number of carbonyl (C=O) groups is 1. The number of carbonyl (C=O) groups excluding carboxylic acids is 1. The van der Waals surface area contributed by atoms with Crippen LogP contribution in [-0.4, -0.2) is 10.9 Å². The fourth-order valence-corrected chi connectivity index (χ4v) is 1.13. The van der Waals surface area contributed by atoms with Gasteiger partial charge in [0.2, 0.25) is 0 Å². The summed E-state index contributed by atoms with van der Waals surface area (Å²) in [6.45, 7) is 3.88. The number of primary amides is 1. The fourth-order valence-electron chi connectivity index (χ4n) is 1.13. The number of aromatic nitrogens is 1. The number of aryl methyl sites for hydroxylation is 2. The molecule has 2 N–H and O–H groups in total. The van der Waals surface area contributed by atoms with E-state index in [2.05, 4.69) is 4.98 Å². The maximum atomic E-state index is 10.9. The molecule has 64 valence electrons. The van der Waals surface area contributed by atoms with Gasteiger partial charge in [0.15, 0.2) is 0 Å². The number of hydrogen-bond acceptors (Lipinski definition) is 2. The van der Waals surface area contributed by atoms with Gasteiger partial charge in [-0.25, -0.2) is 0 Å². The lowest BCUT2D eigenvalue weighted by Gasteiger charge is -2.03. The summed E-state index contributed by atoms with van der Waals surface area (Å²) < 4.78 is 0. The van der Waals surface area contributed by atoms with Gasteiger partial charge in [-0.1, -0.05) is 6.92 Å². The number of pyridine rings is 1. The van der Waals surface area contributed by atoms with E-state index in [0.29, 0.717) is 5.56 Å². The third-order valence-electron chi connectivity index (χ3n) is 1.77. The second kappa shape index (κ2) is 3.34. The Morgan fingerprint density at radius 3 is 2.83 bits per heavy atom. The summed E-state index contributed by atoms with van der Waals surface area (Å²) >= 11 is 0. The van der Waals surface area contributed by atoms with E-state index >= 15 is 0 Å². The Morgan fingerprint density at radius 1 is 1.67 bits per heavy atom. The quantitative estimate of drug-likeness (QED) is 0.710. The van der Waals surface area contributed by atoms with Crippen molar-refractivity contribution in [1.82, 2.24) is 4.98 Å². The average Bonchev–Trinajstić information content (AvgIpc) is 2.03. The topological polar surface area (TPSA) is 56.0 Å². The second-order valence-corrected chi connectivity index (χ2v) is 2.70. The van der Waals surface area contributed by atoms with Crippen molar-refractivity contribution in [3.63, 3.8) is 0 Å². The largest absolute Gasteiger partial charge is 0.366 e. The molecule has 12 heavy (non-hydrogen) atoms. The van der Waals surface area contributed by atoms with E-state index in [0.717, 1.165) is 17.7 Å². The molecule has 0 aliphatic heterocycles. The predicted molar refractivity (Wildman–Crippen MR) is 46.9 cm³/mol. The molecule has 0 aliphatic carbocycles. The van der Waals surface area contributed by atoms with Gasteiger partial charge in [0, 0.05) is 11.9 Å². The molecule has 0 atom stereocenters. The molecule has 0 saturated heterocycles. The summed E-state index contributed by atoms with van der Waals surface area (Å²) in [4.78, 5) is 14.9. The molecule has 1 amide bonds. The third-order valence-corrected chi connectivity index (χ3v) is 1.77. The van der Waals surface area contributed by atoms with Crippen LogP contribution in [0.2, 0.25) is 0 Å². The van der Waals surface area contributed by atoms with E-state index < -0.39 is 5.91 Å². The third kappa shape index (κ3) is 1.61. The normalized spacial score (nSPS) is 9.83. The first-order chi connectivity index (χ1) is 5.65. The van der Waals surface area contributed by atoms with Gasteiger partial charge in [-0.15, -0.1) is 0 Å². The number of rotatable bonds is 2. The molecule has 0 aromatic carbocycles. The molecule has 0 fully saturated rings. The molecule has 3 heteroatoms. The Hall–Kier alpha value is -1.38. The van der Waals surface area contributed by atoms with Crippen LogP contribution in [0.4, 0.5) is 0 Å². The van der Waals surface area contributed by atoms with E-state index in [9.17, 15) is 4.79 Å². The predicted octanol–water partition coefficient (Wildman–Crippen LogP) is 1.05. The fraction of sp³-hybridized carbons (Fsp3) is 0.333. The zero-order valence-electron chi connectivity index (χ0n) is 7.29. The SMILES string of the molecule is CCc1cc(C)ncc1C(N)=O. The molecule has 1 rings (SSSR count). The van der Waals surface area contributed by atoms with Crippen LogP contribution in [0.15, 0.2) is 12.3 Å². The van der Waals surface area contributed by atoms with E-state index in [1.807, 2.05) is 19.9 Å². The van der Waals surface area contributed by atoms with Crippen molar-refractivity contribution < 1.29 is 4.79 Å². The molecule has 1 aromatic rings. The lowest BCUT2D eigenvalue weighted by atomic mass is 10.1. The average molecular weight is 164 g/mol. The van der Waals surface area contributed by atoms with E-state index in [-0.39, 0.29) is 0 Å². The van der Waals surface area contributed by atoms with Crippen molar-refractivity contribution in [3.8, 4) is 0 Å². The molecular weight excluding hydrogens is 152 g/mol. The lowest BCUT2D eigenvalue weighted by Crippen LogP contribution is -2.14. The van der Waals surface area contributed by atoms with Crippen LogP contribution in [-0.2, 0) is 6.42 Å². The zero-order chi connectivity index (χ0) is 9.14. The minimum atomic E-state index is -0.403. The van der Waals surface area contributed by atoms with Crippen molar-refractivity contribution in [2.45, 2.75) is 20.3 Å². The van der Waals surface area contributed by atoms with Crippen molar-refractivity contribution in [2.24, 2.45) is 5.73 Å². The minimum Gasteiger partial charge on any atom is -0.366 e. The Morgan fingerprint density at radius 2 is 2.33 bits per heavy atom.